The Labute approximate surface area is 133 Å². The van der Waals surface area contributed by atoms with Crippen molar-refractivity contribution in [3.05, 3.63) is 59.7 Å². The Morgan fingerprint density at radius 3 is 2.48 bits per heavy atom. The smallest absolute Gasteiger partial charge is 0.387 e. The van der Waals surface area contributed by atoms with Gasteiger partial charge < -0.3 is 19.9 Å². The fourth-order valence-corrected chi connectivity index (χ4v) is 2.11. The topological polar surface area (TPSA) is 50.7 Å². The number of benzene rings is 2. The third kappa shape index (κ3) is 5.50. The van der Waals surface area contributed by atoms with E-state index in [-0.39, 0.29) is 5.75 Å². The SMILES string of the molecule is COc1cccc(C(O)CNCc2ccc(OC(F)F)cc2)c1. The molecule has 23 heavy (non-hydrogen) atoms. The van der Waals surface area contributed by atoms with Crippen molar-refractivity contribution in [2.75, 3.05) is 13.7 Å². The molecule has 4 nitrogen and oxygen atoms in total. The van der Waals surface area contributed by atoms with E-state index < -0.39 is 12.7 Å². The molecule has 124 valence electrons. The fraction of sp³-hybridized carbons (Fsp3) is 0.294. The zero-order valence-electron chi connectivity index (χ0n) is 12.7. The van der Waals surface area contributed by atoms with E-state index in [9.17, 15) is 13.9 Å². The molecule has 2 aromatic rings. The number of hydrogen-bond donors (Lipinski definition) is 2. The van der Waals surface area contributed by atoms with Gasteiger partial charge in [-0.25, -0.2) is 0 Å². The first kappa shape index (κ1) is 17.2. The molecule has 0 heterocycles. The Morgan fingerprint density at radius 1 is 1.09 bits per heavy atom. The average Bonchev–Trinajstić information content (AvgIpc) is 2.56. The molecular formula is C17H19F2NO3. The Bertz CT molecular complexity index is 605. The Balaban J connectivity index is 1.81. The van der Waals surface area contributed by atoms with E-state index in [4.69, 9.17) is 4.74 Å². The van der Waals surface area contributed by atoms with Crippen LogP contribution < -0.4 is 14.8 Å². The molecule has 2 aromatic carbocycles. The van der Waals surface area contributed by atoms with Crippen molar-refractivity contribution in [2.24, 2.45) is 0 Å². The average molecular weight is 323 g/mol. The van der Waals surface area contributed by atoms with Crippen LogP contribution in [-0.2, 0) is 6.54 Å². The van der Waals surface area contributed by atoms with Crippen molar-refractivity contribution in [3.8, 4) is 11.5 Å². The van der Waals surface area contributed by atoms with Gasteiger partial charge in [0.25, 0.3) is 0 Å². The van der Waals surface area contributed by atoms with E-state index in [0.29, 0.717) is 18.8 Å². The van der Waals surface area contributed by atoms with Crippen molar-refractivity contribution in [1.29, 1.82) is 0 Å². The van der Waals surface area contributed by atoms with Gasteiger partial charge in [-0.15, -0.1) is 0 Å². The van der Waals surface area contributed by atoms with E-state index in [1.165, 1.54) is 12.1 Å². The lowest BCUT2D eigenvalue weighted by atomic mass is 10.1. The fourth-order valence-electron chi connectivity index (χ4n) is 2.11. The van der Waals surface area contributed by atoms with E-state index in [1.807, 2.05) is 18.2 Å². The number of aliphatic hydroxyl groups is 1. The van der Waals surface area contributed by atoms with Crippen molar-refractivity contribution in [1.82, 2.24) is 5.32 Å². The maximum atomic E-state index is 12.1. The molecule has 0 bridgehead atoms. The molecule has 0 aliphatic heterocycles. The summed E-state index contributed by atoms with van der Waals surface area (Å²) in [5.74, 6) is 0.816. The van der Waals surface area contributed by atoms with Gasteiger partial charge >= 0.3 is 6.61 Å². The number of rotatable bonds is 8. The lowest BCUT2D eigenvalue weighted by Gasteiger charge is -2.13. The summed E-state index contributed by atoms with van der Waals surface area (Å²) in [4.78, 5) is 0. The van der Waals surface area contributed by atoms with Crippen molar-refractivity contribution in [2.45, 2.75) is 19.3 Å². The van der Waals surface area contributed by atoms with Gasteiger partial charge in [0.15, 0.2) is 0 Å². The summed E-state index contributed by atoms with van der Waals surface area (Å²) in [5.41, 5.74) is 1.67. The van der Waals surface area contributed by atoms with Gasteiger partial charge in [-0.3, -0.25) is 0 Å². The molecule has 0 aliphatic rings. The van der Waals surface area contributed by atoms with Crippen LogP contribution in [0.3, 0.4) is 0 Å². The lowest BCUT2D eigenvalue weighted by Crippen LogP contribution is -2.21. The number of methoxy groups -OCH3 is 1. The number of alkyl halides is 2. The summed E-state index contributed by atoms with van der Waals surface area (Å²) in [5, 5.41) is 13.3. The highest BCUT2D eigenvalue weighted by Crippen LogP contribution is 2.19. The first-order valence-corrected chi connectivity index (χ1v) is 7.15. The number of halogens is 2. The maximum Gasteiger partial charge on any atom is 0.387 e. The van der Waals surface area contributed by atoms with E-state index >= 15 is 0 Å². The summed E-state index contributed by atoms with van der Waals surface area (Å²) >= 11 is 0. The molecule has 0 amide bonds. The van der Waals surface area contributed by atoms with E-state index in [1.54, 1.807) is 25.3 Å². The van der Waals surface area contributed by atoms with Gasteiger partial charge in [-0.05, 0) is 35.4 Å². The monoisotopic (exact) mass is 323 g/mol. The first-order chi connectivity index (χ1) is 11.1. The van der Waals surface area contributed by atoms with Crippen LogP contribution in [0.25, 0.3) is 0 Å². The third-order valence-corrected chi connectivity index (χ3v) is 3.29. The molecule has 6 heteroatoms. The van der Waals surface area contributed by atoms with Crippen molar-refractivity contribution >= 4 is 0 Å². The Morgan fingerprint density at radius 2 is 1.83 bits per heavy atom. The lowest BCUT2D eigenvalue weighted by molar-refractivity contribution is -0.0498. The maximum absolute atomic E-state index is 12.1. The van der Waals surface area contributed by atoms with Crippen LogP contribution in [0.4, 0.5) is 8.78 Å². The molecule has 0 aliphatic carbocycles. The molecule has 0 radical (unpaired) electrons. The molecule has 1 unspecified atom stereocenters. The molecule has 2 rings (SSSR count). The molecule has 0 saturated carbocycles. The molecule has 0 fully saturated rings. The summed E-state index contributed by atoms with van der Waals surface area (Å²) in [6.07, 6.45) is -0.661. The summed E-state index contributed by atoms with van der Waals surface area (Å²) in [6.45, 7) is -1.95. The second-order valence-corrected chi connectivity index (χ2v) is 4.95. The third-order valence-electron chi connectivity index (χ3n) is 3.29. The highest BCUT2D eigenvalue weighted by Gasteiger charge is 2.08. The first-order valence-electron chi connectivity index (χ1n) is 7.15. The molecule has 2 N–H and O–H groups in total. The Kier molecular flexibility index (Phi) is 6.31. The summed E-state index contributed by atoms with van der Waals surface area (Å²) in [6, 6.07) is 13.6. The van der Waals surface area contributed by atoms with Gasteiger partial charge in [-0.1, -0.05) is 24.3 Å². The predicted molar refractivity (Wildman–Crippen MR) is 82.7 cm³/mol. The quantitative estimate of drug-likeness (QED) is 0.784. The minimum absolute atomic E-state index is 0.125. The van der Waals surface area contributed by atoms with Gasteiger partial charge in [0.1, 0.15) is 11.5 Å². The van der Waals surface area contributed by atoms with Gasteiger partial charge in [0.05, 0.1) is 13.2 Å². The number of ether oxygens (including phenoxy) is 2. The molecule has 0 saturated heterocycles. The Hall–Kier alpha value is -2.18. The van der Waals surface area contributed by atoms with Crippen LogP contribution in [0.2, 0.25) is 0 Å². The van der Waals surface area contributed by atoms with Gasteiger partial charge in [0, 0.05) is 13.1 Å². The zero-order chi connectivity index (χ0) is 16.7. The standard InChI is InChI=1S/C17H19F2NO3/c1-22-15-4-2-3-13(9-15)16(21)11-20-10-12-5-7-14(8-6-12)23-17(18)19/h2-9,16-17,20-21H,10-11H2,1H3. The molecular weight excluding hydrogens is 304 g/mol. The number of nitrogens with one attached hydrogen (secondary N) is 1. The van der Waals surface area contributed by atoms with Crippen molar-refractivity contribution in [3.63, 3.8) is 0 Å². The van der Waals surface area contributed by atoms with Crippen LogP contribution in [-0.4, -0.2) is 25.4 Å². The van der Waals surface area contributed by atoms with Crippen LogP contribution in [0.5, 0.6) is 11.5 Å². The van der Waals surface area contributed by atoms with Crippen LogP contribution in [0.1, 0.15) is 17.2 Å². The normalized spacial score (nSPS) is 12.2. The van der Waals surface area contributed by atoms with Crippen LogP contribution in [0, 0.1) is 0 Å². The summed E-state index contributed by atoms with van der Waals surface area (Å²) in [7, 11) is 1.57. The van der Waals surface area contributed by atoms with E-state index in [2.05, 4.69) is 10.1 Å². The molecule has 0 aromatic heterocycles. The van der Waals surface area contributed by atoms with Crippen LogP contribution in [0.15, 0.2) is 48.5 Å². The van der Waals surface area contributed by atoms with Gasteiger partial charge in [0.2, 0.25) is 0 Å². The number of aliphatic hydroxyl groups excluding tert-OH is 1. The molecule has 0 spiro atoms. The minimum Gasteiger partial charge on any atom is -0.497 e. The van der Waals surface area contributed by atoms with Gasteiger partial charge in [-0.2, -0.15) is 8.78 Å². The van der Waals surface area contributed by atoms with Crippen LogP contribution >= 0.6 is 0 Å². The predicted octanol–water partition coefficient (Wildman–Crippen LogP) is 3.12. The molecule has 1 atom stereocenters. The second kappa shape index (κ2) is 8.45. The largest absolute Gasteiger partial charge is 0.497 e. The highest BCUT2D eigenvalue weighted by atomic mass is 19.3. The van der Waals surface area contributed by atoms with E-state index in [0.717, 1.165) is 11.1 Å². The number of hydrogen-bond acceptors (Lipinski definition) is 4. The zero-order valence-corrected chi connectivity index (χ0v) is 12.7. The second-order valence-electron chi connectivity index (χ2n) is 4.95. The summed E-state index contributed by atoms with van der Waals surface area (Å²) < 4.78 is 33.5. The van der Waals surface area contributed by atoms with Crippen molar-refractivity contribution < 1.29 is 23.4 Å². The highest BCUT2D eigenvalue weighted by molar-refractivity contribution is 5.30. The minimum atomic E-state index is -2.82.